The van der Waals surface area contributed by atoms with Crippen LogP contribution in [0.3, 0.4) is 0 Å². The van der Waals surface area contributed by atoms with Crippen LogP contribution in [0.4, 0.5) is 11.6 Å². The summed E-state index contributed by atoms with van der Waals surface area (Å²) in [6, 6.07) is 15.2. The minimum absolute atomic E-state index is 0.391. The summed E-state index contributed by atoms with van der Waals surface area (Å²) in [6.07, 6.45) is 1.71. The second kappa shape index (κ2) is 5.86. The number of methoxy groups -OCH3 is 1. The van der Waals surface area contributed by atoms with Gasteiger partial charge in [0.2, 0.25) is 5.95 Å². The van der Waals surface area contributed by atoms with Gasteiger partial charge in [0.05, 0.1) is 18.2 Å². The molecule has 0 spiro atoms. The summed E-state index contributed by atoms with van der Waals surface area (Å²) in [4.78, 5) is 18.2. The van der Waals surface area contributed by atoms with Crippen molar-refractivity contribution in [3.8, 4) is 0 Å². The van der Waals surface area contributed by atoms with Crippen molar-refractivity contribution in [2.24, 2.45) is 0 Å². The molecular weight excluding hydrogens is 318 g/mol. The van der Waals surface area contributed by atoms with E-state index in [1.54, 1.807) is 18.3 Å². The Morgan fingerprint density at radius 1 is 1.12 bits per heavy atom. The third kappa shape index (κ3) is 2.46. The summed E-state index contributed by atoms with van der Waals surface area (Å²) in [7, 11) is 3.27. The quantitative estimate of drug-likeness (QED) is 0.537. The highest BCUT2D eigenvalue weighted by molar-refractivity contribution is 5.94. The third-order valence-electron chi connectivity index (χ3n) is 4.08. The molecule has 124 valence electrons. The Kier molecular flexibility index (Phi) is 3.53. The predicted molar refractivity (Wildman–Crippen MR) is 94.1 cm³/mol. The summed E-state index contributed by atoms with van der Waals surface area (Å²) < 4.78 is 6.65. The number of fused-ring (bicyclic) bond motifs is 3. The highest BCUT2D eigenvalue weighted by Crippen LogP contribution is 2.25. The predicted octanol–water partition coefficient (Wildman–Crippen LogP) is 2.83. The molecule has 0 aliphatic heterocycles. The number of ether oxygens (including phenoxy) is 1. The minimum Gasteiger partial charge on any atom is -0.465 e. The molecule has 7 nitrogen and oxygen atoms in total. The fraction of sp³-hybridized carbons (Fsp3) is 0.111. The monoisotopic (exact) mass is 333 g/mol. The Balaban J connectivity index is 1.96. The van der Waals surface area contributed by atoms with Crippen LogP contribution in [0.1, 0.15) is 10.4 Å². The van der Waals surface area contributed by atoms with Gasteiger partial charge in [0, 0.05) is 24.3 Å². The van der Waals surface area contributed by atoms with E-state index >= 15 is 0 Å². The molecule has 0 aliphatic carbocycles. The average molecular weight is 333 g/mol. The van der Waals surface area contributed by atoms with Crippen LogP contribution in [-0.4, -0.2) is 39.7 Å². The van der Waals surface area contributed by atoms with Gasteiger partial charge >= 0.3 is 5.97 Å². The molecule has 2 heterocycles. The zero-order valence-corrected chi connectivity index (χ0v) is 13.7. The van der Waals surface area contributed by atoms with Crippen molar-refractivity contribution < 1.29 is 9.53 Å². The van der Waals surface area contributed by atoms with E-state index in [1.807, 2.05) is 52.7 Å². The lowest BCUT2D eigenvalue weighted by Gasteiger charge is -2.17. The first-order valence-electron chi connectivity index (χ1n) is 7.70. The first kappa shape index (κ1) is 15.1. The number of rotatable bonds is 3. The van der Waals surface area contributed by atoms with Gasteiger partial charge in [0.1, 0.15) is 0 Å². The number of esters is 1. The van der Waals surface area contributed by atoms with Gasteiger partial charge in [0.25, 0.3) is 5.78 Å². The van der Waals surface area contributed by atoms with Crippen LogP contribution in [-0.2, 0) is 4.74 Å². The maximum Gasteiger partial charge on any atom is 0.337 e. The zero-order chi connectivity index (χ0) is 17.4. The molecule has 0 N–H and O–H groups in total. The number of para-hydroxylation sites is 1. The van der Waals surface area contributed by atoms with Gasteiger partial charge in [-0.15, -0.1) is 10.2 Å². The van der Waals surface area contributed by atoms with Crippen LogP contribution < -0.4 is 4.90 Å². The van der Waals surface area contributed by atoms with Crippen LogP contribution in [0.15, 0.2) is 54.7 Å². The van der Waals surface area contributed by atoms with E-state index < -0.39 is 5.97 Å². The second-order valence-corrected chi connectivity index (χ2v) is 5.55. The van der Waals surface area contributed by atoms with E-state index in [2.05, 4.69) is 15.2 Å². The van der Waals surface area contributed by atoms with Gasteiger partial charge in [-0.25, -0.2) is 14.2 Å². The Hall–Kier alpha value is -3.48. The van der Waals surface area contributed by atoms with Gasteiger partial charge in [-0.1, -0.05) is 24.3 Å². The van der Waals surface area contributed by atoms with Gasteiger partial charge in [-0.2, -0.15) is 0 Å². The largest absolute Gasteiger partial charge is 0.465 e. The number of benzene rings is 2. The molecule has 25 heavy (non-hydrogen) atoms. The summed E-state index contributed by atoms with van der Waals surface area (Å²) in [6.45, 7) is 0. The highest BCUT2D eigenvalue weighted by Gasteiger charge is 2.16. The first-order chi connectivity index (χ1) is 12.2. The molecule has 0 fully saturated rings. The Bertz CT molecular complexity index is 1070. The maximum absolute atomic E-state index is 11.9. The van der Waals surface area contributed by atoms with Crippen LogP contribution in [0.5, 0.6) is 0 Å². The van der Waals surface area contributed by atoms with Gasteiger partial charge in [-0.3, -0.25) is 0 Å². The SMILES string of the molecule is COC(=O)c1ccc2cnc3nnc(N(C)c4ccccc4)n3c2c1. The van der Waals surface area contributed by atoms with Crippen molar-refractivity contribution >= 4 is 34.3 Å². The number of nitrogens with zero attached hydrogens (tertiary/aromatic N) is 5. The number of anilines is 2. The molecule has 4 aromatic rings. The molecule has 2 aromatic heterocycles. The maximum atomic E-state index is 11.9. The van der Waals surface area contributed by atoms with Crippen LogP contribution in [0.2, 0.25) is 0 Å². The topological polar surface area (TPSA) is 72.6 Å². The van der Waals surface area contributed by atoms with Crippen molar-refractivity contribution in [3.63, 3.8) is 0 Å². The number of hydrogen-bond acceptors (Lipinski definition) is 6. The van der Waals surface area contributed by atoms with Crippen LogP contribution in [0, 0.1) is 0 Å². The normalized spacial score (nSPS) is 11.0. The summed E-state index contributed by atoms with van der Waals surface area (Å²) in [5.41, 5.74) is 2.22. The van der Waals surface area contributed by atoms with E-state index in [0.717, 1.165) is 16.6 Å². The van der Waals surface area contributed by atoms with E-state index in [-0.39, 0.29) is 0 Å². The van der Waals surface area contributed by atoms with E-state index in [1.165, 1.54) is 7.11 Å². The zero-order valence-electron chi connectivity index (χ0n) is 13.7. The lowest BCUT2D eigenvalue weighted by atomic mass is 10.1. The molecule has 0 unspecified atom stereocenters. The highest BCUT2D eigenvalue weighted by atomic mass is 16.5. The van der Waals surface area contributed by atoms with Gasteiger partial charge in [0.15, 0.2) is 0 Å². The van der Waals surface area contributed by atoms with Gasteiger partial charge in [-0.05, 0) is 24.3 Å². The fourth-order valence-electron chi connectivity index (χ4n) is 2.77. The van der Waals surface area contributed by atoms with Crippen molar-refractivity contribution in [3.05, 3.63) is 60.3 Å². The van der Waals surface area contributed by atoms with E-state index in [9.17, 15) is 4.79 Å². The van der Waals surface area contributed by atoms with Crippen LogP contribution in [0.25, 0.3) is 16.7 Å². The molecule has 0 amide bonds. The van der Waals surface area contributed by atoms with Crippen molar-refractivity contribution in [1.29, 1.82) is 0 Å². The molecule has 0 saturated carbocycles. The summed E-state index contributed by atoms with van der Waals surface area (Å²) in [5.74, 6) is 0.687. The molecule has 4 rings (SSSR count). The van der Waals surface area contributed by atoms with Gasteiger partial charge < -0.3 is 9.64 Å². The first-order valence-corrected chi connectivity index (χ1v) is 7.70. The second-order valence-electron chi connectivity index (χ2n) is 5.55. The Labute approximate surface area is 143 Å². The molecule has 0 atom stereocenters. The molecule has 0 radical (unpaired) electrons. The molecule has 2 aromatic carbocycles. The molecule has 0 aliphatic rings. The lowest BCUT2D eigenvalue weighted by Crippen LogP contribution is -2.13. The molecular formula is C18H15N5O2. The van der Waals surface area contributed by atoms with E-state index in [4.69, 9.17) is 4.74 Å². The van der Waals surface area contributed by atoms with Crippen molar-refractivity contribution in [1.82, 2.24) is 19.6 Å². The van der Waals surface area contributed by atoms with Crippen molar-refractivity contribution in [2.45, 2.75) is 0 Å². The van der Waals surface area contributed by atoms with Crippen LogP contribution >= 0.6 is 0 Å². The smallest absolute Gasteiger partial charge is 0.337 e. The Morgan fingerprint density at radius 3 is 2.68 bits per heavy atom. The summed E-state index contributed by atoms with van der Waals surface area (Å²) in [5, 5.41) is 9.31. The number of aromatic nitrogens is 4. The molecule has 7 heteroatoms. The number of hydrogen-bond donors (Lipinski definition) is 0. The number of carbonyl (C=O) groups is 1. The van der Waals surface area contributed by atoms with E-state index in [0.29, 0.717) is 17.3 Å². The minimum atomic E-state index is -0.391. The number of carbonyl (C=O) groups excluding carboxylic acids is 1. The third-order valence-corrected chi connectivity index (χ3v) is 4.08. The standard InChI is InChI=1S/C18H15N5O2/c1-22(14-6-4-3-5-7-14)18-21-20-17-19-11-13-9-8-12(16(24)25-2)10-15(13)23(17)18/h3-11H,1-2H3. The Morgan fingerprint density at radius 2 is 1.92 bits per heavy atom. The average Bonchev–Trinajstić information content (AvgIpc) is 3.11. The van der Waals surface area contributed by atoms with Crippen molar-refractivity contribution in [2.75, 3.05) is 19.1 Å². The lowest BCUT2D eigenvalue weighted by molar-refractivity contribution is 0.0601. The fourth-order valence-corrected chi connectivity index (χ4v) is 2.77. The molecule has 0 saturated heterocycles. The summed E-state index contributed by atoms with van der Waals surface area (Å²) >= 11 is 0. The molecule has 0 bridgehead atoms.